The fourth-order valence-corrected chi connectivity index (χ4v) is 3.87. The average Bonchev–Trinajstić information content (AvgIpc) is 2.97. The van der Waals surface area contributed by atoms with Crippen molar-refractivity contribution in [1.29, 1.82) is 0 Å². The predicted octanol–water partition coefficient (Wildman–Crippen LogP) is 2.73. The van der Waals surface area contributed by atoms with Gasteiger partial charge in [0.2, 0.25) is 0 Å². The van der Waals surface area contributed by atoms with Crippen molar-refractivity contribution >= 4 is 0 Å². The van der Waals surface area contributed by atoms with Crippen molar-refractivity contribution in [3.05, 3.63) is 0 Å². The fraction of sp³-hybridized carbons (Fsp3) is 1.00. The number of hydrogen-bond acceptors (Lipinski definition) is 2. The Morgan fingerprint density at radius 2 is 1.88 bits per heavy atom. The van der Waals surface area contributed by atoms with Gasteiger partial charge in [-0.15, -0.1) is 0 Å². The summed E-state index contributed by atoms with van der Waals surface area (Å²) in [6, 6.07) is 0. The number of nitrogens with zero attached hydrogens (tertiary/aromatic N) is 1. The van der Waals surface area contributed by atoms with Gasteiger partial charge in [-0.05, 0) is 50.0 Å². The van der Waals surface area contributed by atoms with E-state index in [4.69, 9.17) is 5.73 Å². The van der Waals surface area contributed by atoms with Gasteiger partial charge in [-0.3, -0.25) is 4.90 Å². The Hall–Kier alpha value is -0.0800. The number of nitrogens with two attached hydrogens (primary N) is 1. The normalized spacial score (nSPS) is 46.2. The summed E-state index contributed by atoms with van der Waals surface area (Å²) in [4.78, 5) is 2.61. The molecule has 0 amide bonds. The molecule has 5 unspecified atom stereocenters. The van der Waals surface area contributed by atoms with Gasteiger partial charge in [0.05, 0.1) is 0 Å². The predicted molar refractivity (Wildman–Crippen MR) is 73.9 cm³/mol. The topological polar surface area (TPSA) is 29.3 Å². The highest BCUT2D eigenvalue weighted by atomic mass is 15.2. The van der Waals surface area contributed by atoms with Crippen LogP contribution in [0.25, 0.3) is 0 Å². The number of rotatable bonds is 4. The molecule has 0 bridgehead atoms. The lowest BCUT2D eigenvalue weighted by Crippen LogP contribution is -2.59. The molecule has 0 aromatic heterocycles. The van der Waals surface area contributed by atoms with Crippen LogP contribution >= 0.6 is 0 Å². The van der Waals surface area contributed by atoms with E-state index in [-0.39, 0.29) is 5.54 Å². The Kier molecular flexibility index (Phi) is 3.84. The number of hydrogen-bond donors (Lipinski definition) is 1. The van der Waals surface area contributed by atoms with E-state index in [2.05, 4.69) is 32.7 Å². The average molecular weight is 238 g/mol. The molecule has 2 saturated carbocycles. The van der Waals surface area contributed by atoms with Crippen LogP contribution in [0.1, 0.15) is 46.5 Å². The van der Waals surface area contributed by atoms with Crippen LogP contribution in [-0.2, 0) is 0 Å². The molecule has 0 spiro atoms. The third-order valence-corrected chi connectivity index (χ3v) is 5.61. The van der Waals surface area contributed by atoms with E-state index in [1.807, 2.05) is 0 Å². The third-order valence-electron chi connectivity index (χ3n) is 5.61. The molecule has 0 saturated heterocycles. The summed E-state index contributed by atoms with van der Waals surface area (Å²) in [6.45, 7) is 9.27. The molecule has 2 aliphatic carbocycles. The van der Waals surface area contributed by atoms with E-state index in [9.17, 15) is 0 Å². The molecule has 0 heterocycles. The minimum Gasteiger partial charge on any atom is -0.329 e. The molecule has 0 aliphatic heterocycles. The van der Waals surface area contributed by atoms with Gasteiger partial charge in [0.25, 0.3) is 0 Å². The Balaban J connectivity index is 2.05. The van der Waals surface area contributed by atoms with Crippen LogP contribution in [0.3, 0.4) is 0 Å². The Labute approximate surface area is 107 Å². The molecule has 17 heavy (non-hydrogen) atoms. The summed E-state index contributed by atoms with van der Waals surface area (Å²) in [5.41, 5.74) is 6.46. The molecule has 2 rings (SSSR count). The van der Waals surface area contributed by atoms with Gasteiger partial charge >= 0.3 is 0 Å². The summed E-state index contributed by atoms with van der Waals surface area (Å²) < 4.78 is 0. The second kappa shape index (κ2) is 4.89. The van der Waals surface area contributed by atoms with Crippen molar-refractivity contribution in [3.8, 4) is 0 Å². The van der Waals surface area contributed by atoms with Gasteiger partial charge in [0, 0.05) is 18.6 Å². The van der Waals surface area contributed by atoms with Crippen molar-refractivity contribution in [2.45, 2.75) is 52.0 Å². The van der Waals surface area contributed by atoms with Crippen LogP contribution in [0.5, 0.6) is 0 Å². The molecule has 0 aromatic carbocycles. The standard InChI is InChI=1S/C15H30N2/c1-11-5-6-13(3)15(8-11,10-16)17(4)9-14-7-12(14)2/h11-14H,5-10,16H2,1-4H3. The first kappa shape index (κ1) is 13.4. The maximum absolute atomic E-state index is 6.18. The van der Waals surface area contributed by atoms with E-state index in [0.29, 0.717) is 0 Å². The summed E-state index contributed by atoms with van der Waals surface area (Å²) in [7, 11) is 2.31. The van der Waals surface area contributed by atoms with Crippen LogP contribution in [0, 0.1) is 23.7 Å². The second-order valence-electron chi connectivity index (χ2n) is 6.95. The van der Waals surface area contributed by atoms with Crippen LogP contribution in [-0.4, -0.2) is 30.6 Å². The van der Waals surface area contributed by atoms with Gasteiger partial charge in [-0.2, -0.15) is 0 Å². The molecule has 2 heteroatoms. The Morgan fingerprint density at radius 3 is 2.41 bits per heavy atom. The van der Waals surface area contributed by atoms with Crippen LogP contribution in [0.4, 0.5) is 0 Å². The summed E-state index contributed by atoms with van der Waals surface area (Å²) in [6.07, 6.45) is 5.46. The zero-order valence-electron chi connectivity index (χ0n) is 12.1. The Morgan fingerprint density at radius 1 is 1.24 bits per heavy atom. The fourth-order valence-electron chi connectivity index (χ4n) is 3.87. The molecule has 5 atom stereocenters. The molecule has 100 valence electrons. The molecule has 0 aromatic rings. The SMILES string of the molecule is CC1CCC(C)C(CN)(N(C)CC2CC2C)C1. The van der Waals surface area contributed by atoms with Crippen molar-refractivity contribution in [2.75, 3.05) is 20.1 Å². The second-order valence-corrected chi connectivity index (χ2v) is 6.95. The third kappa shape index (κ3) is 2.53. The molecule has 0 radical (unpaired) electrons. The van der Waals surface area contributed by atoms with Gasteiger partial charge in [-0.1, -0.05) is 27.2 Å². The lowest BCUT2D eigenvalue weighted by Gasteiger charge is -2.50. The van der Waals surface area contributed by atoms with Crippen LogP contribution in [0.15, 0.2) is 0 Å². The first-order valence-electron chi connectivity index (χ1n) is 7.41. The summed E-state index contributed by atoms with van der Waals surface area (Å²) in [5.74, 6) is 3.48. The largest absolute Gasteiger partial charge is 0.329 e. The highest BCUT2D eigenvalue weighted by Crippen LogP contribution is 2.44. The van der Waals surface area contributed by atoms with Crippen LogP contribution in [0.2, 0.25) is 0 Å². The lowest BCUT2D eigenvalue weighted by atomic mass is 9.68. The quantitative estimate of drug-likeness (QED) is 0.816. The minimum absolute atomic E-state index is 0.278. The highest BCUT2D eigenvalue weighted by molar-refractivity contribution is 5.00. The number of likely N-dealkylation sites (N-methyl/N-ethyl adjacent to an activating group) is 1. The van der Waals surface area contributed by atoms with Crippen molar-refractivity contribution < 1.29 is 0 Å². The van der Waals surface area contributed by atoms with Crippen molar-refractivity contribution in [1.82, 2.24) is 4.90 Å². The minimum atomic E-state index is 0.278. The van der Waals surface area contributed by atoms with Gasteiger partial charge in [0.15, 0.2) is 0 Å². The zero-order chi connectivity index (χ0) is 12.6. The molecular formula is C15H30N2. The van der Waals surface area contributed by atoms with Gasteiger partial charge in [-0.25, -0.2) is 0 Å². The zero-order valence-corrected chi connectivity index (χ0v) is 12.1. The van der Waals surface area contributed by atoms with E-state index < -0.39 is 0 Å². The highest BCUT2D eigenvalue weighted by Gasteiger charge is 2.45. The first-order valence-corrected chi connectivity index (χ1v) is 7.41. The van der Waals surface area contributed by atoms with E-state index in [1.165, 1.54) is 32.2 Å². The molecule has 2 nitrogen and oxygen atoms in total. The molecule has 2 fully saturated rings. The van der Waals surface area contributed by atoms with E-state index in [0.717, 1.165) is 30.2 Å². The maximum Gasteiger partial charge on any atom is 0.0356 e. The first-order chi connectivity index (χ1) is 7.99. The monoisotopic (exact) mass is 238 g/mol. The smallest absolute Gasteiger partial charge is 0.0356 e. The molecule has 2 aliphatic rings. The van der Waals surface area contributed by atoms with Gasteiger partial charge < -0.3 is 5.73 Å². The van der Waals surface area contributed by atoms with Crippen molar-refractivity contribution in [2.24, 2.45) is 29.4 Å². The molecule has 2 N–H and O–H groups in total. The lowest BCUT2D eigenvalue weighted by molar-refractivity contribution is 0.0109. The Bertz CT molecular complexity index is 266. The van der Waals surface area contributed by atoms with Crippen molar-refractivity contribution in [3.63, 3.8) is 0 Å². The maximum atomic E-state index is 6.18. The van der Waals surface area contributed by atoms with E-state index >= 15 is 0 Å². The molecular weight excluding hydrogens is 208 g/mol. The van der Waals surface area contributed by atoms with E-state index in [1.54, 1.807) is 0 Å². The summed E-state index contributed by atoms with van der Waals surface area (Å²) in [5, 5.41) is 0. The summed E-state index contributed by atoms with van der Waals surface area (Å²) >= 11 is 0. The van der Waals surface area contributed by atoms with Crippen LogP contribution < -0.4 is 5.73 Å². The van der Waals surface area contributed by atoms with Gasteiger partial charge in [0.1, 0.15) is 0 Å².